The Morgan fingerprint density at radius 3 is 1.61 bits per heavy atom. The summed E-state index contributed by atoms with van der Waals surface area (Å²) in [4.78, 5) is 0. The fourth-order valence-electron chi connectivity index (χ4n) is 4.57. The second-order valence-corrected chi connectivity index (χ2v) is 12.0. The first-order chi connectivity index (χ1) is 15.1. The van der Waals surface area contributed by atoms with Crippen molar-refractivity contribution in [2.75, 3.05) is 14.1 Å². The minimum atomic E-state index is -2.45. The van der Waals surface area contributed by atoms with Crippen LogP contribution in [0.25, 0.3) is 0 Å². The number of hydrogen-bond donors (Lipinski definition) is 0. The lowest BCUT2D eigenvalue weighted by atomic mass is 9.93. The molecular weight excluding hydrogens is 419 g/mol. The lowest BCUT2D eigenvalue weighted by molar-refractivity contribution is 0.190. The van der Waals surface area contributed by atoms with Crippen molar-refractivity contribution >= 4 is 18.4 Å². The van der Waals surface area contributed by atoms with Crippen molar-refractivity contribution in [3.63, 3.8) is 0 Å². The van der Waals surface area contributed by atoms with Gasteiger partial charge in [-0.25, -0.2) is 9.34 Å². The Morgan fingerprint density at radius 1 is 0.774 bits per heavy atom. The van der Waals surface area contributed by atoms with Gasteiger partial charge in [-0.3, -0.25) is 0 Å². The Balaban J connectivity index is 1.76. The number of hydrogen-bond acceptors (Lipinski definition) is 2. The van der Waals surface area contributed by atoms with Crippen LogP contribution in [0.4, 0.5) is 0 Å². The van der Waals surface area contributed by atoms with E-state index in [1.807, 2.05) is 0 Å². The van der Waals surface area contributed by atoms with Gasteiger partial charge in [0.1, 0.15) is 0 Å². The highest BCUT2D eigenvalue weighted by Gasteiger charge is 2.51. The van der Waals surface area contributed by atoms with Gasteiger partial charge in [-0.2, -0.15) is 0 Å². The predicted molar refractivity (Wildman–Crippen MR) is 133 cm³/mol. The molecule has 1 heterocycles. The molecule has 4 rings (SSSR count). The van der Waals surface area contributed by atoms with E-state index in [0.29, 0.717) is 0 Å². The van der Waals surface area contributed by atoms with Crippen molar-refractivity contribution < 1.29 is 4.52 Å². The smallest absolute Gasteiger partial charge is 0.204 e. The summed E-state index contributed by atoms with van der Waals surface area (Å²) in [5.41, 5.74) is 3.75. The molecule has 1 fully saturated rings. The van der Waals surface area contributed by atoms with Gasteiger partial charge in [0.15, 0.2) is 0 Å². The standard InChI is InChI=1S/C26H31N2OPS/c1-4-14-24(21-15-8-5-9-16-21)29-30(31)27(2)25(22-17-10-6-11-18-22)26(28(30)3)23-19-12-7-13-20-23/h5-13,15-20,24-26H,4,14H2,1-3H3/t24-,25-,26-/m1/s1. The maximum Gasteiger partial charge on any atom is 0.204 e. The normalized spacial score (nSPS) is 22.4. The SMILES string of the molecule is CCC[C@@H](OP1(=S)N(C)[C@H](c2ccccc2)[C@@H](c2ccccc2)N1C)c1ccccc1. The molecule has 31 heavy (non-hydrogen) atoms. The van der Waals surface area contributed by atoms with Crippen LogP contribution >= 0.6 is 6.57 Å². The van der Waals surface area contributed by atoms with Crippen LogP contribution in [0, 0.1) is 0 Å². The van der Waals surface area contributed by atoms with Gasteiger partial charge in [-0.05, 0) is 49.0 Å². The zero-order chi connectivity index (χ0) is 21.8. The molecule has 3 aromatic carbocycles. The molecule has 1 aliphatic rings. The molecule has 3 aromatic rings. The minimum absolute atomic E-state index is 0.00659. The van der Waals surface area contributed by atoms with Gasteiger partial charge in [-0.1, -0.05) is 104 Å². The first-order valence-electron chi connectivity index (χ1n) is 11.0. The third-order valence-electron chi connectivity index (χ3n) is 6.17. The third kappa shape index (κ3) is 4.41. The van der Waals surface area contributed by atoms with Gasteiger partial charge in [-0.15, -0.1) is 0 Å². The van der Waals surface area contributed by atoms with Gasteiger partial charge < -0.3 is 4.52 Å². The second kappa shape index (κ2) is 9.77. The highest BCUT2D eigenvalue weighted by atomic mass is 32.5. The van der Waals surface area contributed by atoms with Gasteiger partial charge >= 0.3 is 0 Å². The molecule has 162 valence electrons. The molecule has 3 nitrogen and oxygen atoms in total. The third-order valence-corrected chi connectivity index (χ3v) is 10.6. The summed E-state index contributed by atoms with van der Waals surface area (Å²) in [6, 6.07) is 32.2. The van der Waals surface area contributed by atoms with E-state index in [1.165, 1.54) is 16.7 Å². The van der Waals surface area contributed by atoms with Crippen LogP contribution in [0.5, 0.6) is 0 Å². The van der Waals surface area contributed by atoms with E-state index in [1.54, 1.807) is 0 Å². The van der Waals surface area contributed by atoms with Crippen LogP contribution in [0.15, 0.2) is 91.0 Å². The molecule has 0 unspecified atom stereocenters. The summed E-state index contributed by atoms with van der Waals surface area (Å²) in [6.07, 6.45) is 2.00. The van der Waals surface area contributed by atoms with E-state index in [9.17, 15) is 0 Å². The topological polar surface area (TPSA) is 15.7 Å². The van der Waals surface area contributed by atoms with Crippen LogP contribution in [-0.4, -0.2) is 23.4 Å². The van der Waals surface area contributed by atoms with Gasteiger partial charge in [0.25, 0.3) is 0 Å². The molecular formula is C26H31N2OPS. The van der Waals surface area contributed by atoms with Crippen molar-refractivity contribution in [3.8, 4) is 0 Å². The van der Waals surface area contributed by atoms with E-state index < -0.39 is 6.57 Å². The first-order valence-corrected chi connectivity index (χ1v) is 13.6. The molecule has 0 amide bonds. The summed E-state index contributed by atoms with van der Waals surface area (Å²) in [7, 11) is 4.29. The average molecular weight is 451 g/mol. The number of nitrogens with zero attached hydrogens (tertiary/aromatic N) is 2. The Labute approximate surface area is 191 Å². The highest BCUT2D eigenvalue weighted by molar-refractivity contribution is 8.10. The van der Waals surface area contributed by atoms with Crippen LogP contribution in [-0.2, 0) is 16.3 Å². The second-order valence-electron chi connectivity index (χ2n) is 8.14. The van der Waals surface area contributed by atoms with Crippen molar-refractivity contribution in [1.29, 1.82) is 0 Å². The van der Waals surface area contributed by atoms with Crippen LogP contribution in [0.3, 0.4) is 0 Å². The number of likely N-dealkylation sites (N-methyl/N-ethyl adjacent to an activating group) is 2. The molecule has 0 aliphatic carbocycles. The molecule has 1 saturated heterocycles. The quantitative estimate of drug-likeness (QED) is 0.356. The summed E-state index contributed by atoms with van der Waals surface area (Å²) in [6.45, 7) is -0.243. The first kappa shape index (κ1) is 22.4. The average Bonchev–Trinajstić information content (AvgIpc) is 3.01. The van der Waals surface area contributed by atoms with E-state index in [-0.39, 0.29) is 18.2 Å². The van der Waals surface area contributed by atoms with E-state index >= 15 is 0 Å². The minimum Gasteiger partial charge on any atom is -0.318 e. The Morgan fingerprint density at radius 2 is 1.19 bits per heavy atom. The number of benzene rings is 3. The van der Waals surface area contributed by atoms with Crippen LogP contribution in [0.1, 0.15) is 54.6 Å². The van der Waals surface area contributed by atoms with Crippen LogP contribution in [0.2, 0.25) is 0 Å². The van der Waals surface area contributed by atoms with E-state index in [4.69, 9.17) is 16.3 Å². The molecule has 0 aromatic heterocycles. The fourth-order valence-corrected chi connectivity index (χ4v) is 7.94. The fraction of sp³-hybridized carbons (Fsp3) is 0.308. The summed E-state index contributed by atoms with van der Waals surface area (Å²) in [5.74, 6) is 0. The Bertz CT molecular complexity index is 960. The van der Waals surface area contributed by atoms with Crippen LogP contribution < -0.4 is 0 Å². The molecule has 0 spiro atoms. The van der Waals surface area contributed by atoms with Crippen molar-refractivity contribution in [1.82, 2.24) is 9.34 Å². The summed E-state index contributed by atoms with van der Waals surface area (Å²) >= 11 is 6.40. The molecule has 0 saturated carbocycles. The molecule has 1 aliphatic heterocycles. The van der Waals surface area contributed by atoms with Crippen molar-refractivity contribution in [2.45, 2.75) is 38.0 Å². The van der Waals surface area contributed by atoms with E-state index in [2.05, 4.69) is 121 Å². The largest absolute Gasteiger partial charge is 0.318 e. The van der Waals surface area contributed by atoms with E-state index in [0.717, 1.165) is 12.8 Å². The predicted octanol–water partition coefficient (Wildman–Crippen LogP) is 7.13. The monoisotopic (exact) mass is 450 g/mol. The molecule has 5 heteroatoms. The van der Waals surface area contributed by atoms with Gasteiger partial charge in [0.05, 0.1) is 18.2 Å². The maximum atomic E-state index is 6.93. The van der Waals surface area contributed by atoms with Crippen molar-refractivity contribution in [2.24, 2.45) is 0 Å². The molecule has 0 radical (unpaired) electrons. The van der Waals surface area contributed by atoms with Gasteiger partial charge in [0.2, 0.25) is 6.57 Å². The Kier molecular flexibility index (Phi) is 7.05. The molecule has 0 bridgehead atoms. The zero-order valence-electron chi connectivity index (χ0n) is 18.5. The lowest BCUT2D eigenvalue weighted by Gasteiger charge is -2.34. The highest BCUT2D eigenvalue weighted by Crippen LogP contribution is 2.70. The number of rotatable bonds is 7. The Hall–Kier alpha value is -1.81. The molecule has 3 atom stereocenters. The zero-order valence-corrected chi connectivity index (χ0v) is 20.2. The molecule has 0 N–H and O–H groups in total. The lowest BCUT2D eigenvalue weighted by Crippen LogP contribution is -2.20. The summed E-state index contributed by atoms with van der Waals surface area (Å²) < 4.78 is 11.6. The van der Waals surface area contributed by atoms with Gasteiger partial charge in [0, 0.05) is 0 Å². The summed E-state index contributed by atoms with van der Waals surface area (Å²) in [5, 5.41) is 0. The maximum absolute atomic E-state index is 6.93. The van der Waals surface area contributed by atoms with Crippen molar-refractivity contribution in [3.05, 3.63) is 108 Å².